The molecule has 3 rings (SSSR count). The number of hydrogen-bond acceptors (Lipinski definition) is 2. The zero-order valence-corrected chi connectivity index (χ0v) is 21.4. The zero-order valence-electron chi connectivity index (χ0n) is 20.6. The van der Waals surface area contributed by atoms with Crippen molar-refractivity contribution in [3.8, 4) is 0 Å². The fraction of sp³-hybridized carbons (Fsp3) is 0.704. The summed E-state index contributed by atoms with van der Waals surface area (Å²) in [6.07, 6.45) is 20.0. The van der Waals surface area contributed by atoms with E-state index in [4.69, 9.17) is 11.6 Å². The van der Waals surface area contributed by atoms with Gasteiger partial charge in [0.2, 0.25) is 0 Å². The second-order valence-corrected chi connectivity index (χ2v) is 10.8. The van der Waals surface area contributed by atoms with E-state index in [1.807, 2.05) is 0 Å². The van der Waals surface area contributed by atoms with Crippen molar-refractivity contribution in [1.29, 1.82) is 0 Å². The van der Waals surface area contributed by atoms with Crippen LogP contribution in [0.2, 0.25) is 0 Å². The van der Waals surface area contributed by atoms with Crippen LogP contribution < -0.4 is 5.32 Å². The van der Waals surface area contributed by atoms with Crippen LogP contribution in [0, 0.1) is 29.6 Å². The lowest BCUT2D eigenvalue weighted by molar-refractivity contribution is 0.139. The number of nitrogens with zero attached hydrogens (tertiary/aromatic N) is 1. The first kappa shape index (κ1) is 29.1. The molecule has 32 heavy (non-hydrogen) atoms. The summed E-state index contributed by atoms with van der Waals surface area (Å²) in [6.45, 7) is 14.1. The fourth-order valence-electron chi connectivity index (χ4n) is 5.08. The van der Waals surface area contributed by atoms with Gasteiger partial charge in [0.1, 0.15) is 0 Å². The van der Waals surface area contributed by atoms with Crippen molar-refractivity contribution in [2.75, 3.05) is 26.2 Å². The van der Waals surface area contributed by atoms with Gasteiger partial charge in [-0.05, 0) is 87.4 Å². The Hall–Kier alpha value is -0.910. The van der Waals surface area contributed by atoms with E-state index in [-0.39, 0.29) is 11.0 Å². The van der Waals surface area contributed by atoms with Crippen LogP contribution in [0.5, 0.6) is 0 Å². The van der Waals surface area contributed by atoms with Crippen LogP contribution in [0.4, 0.5) is 0 Å². The van der Waals surface area contributed by atoms with Crippen LogP contribution in [0.25, 0.3) is 0 Å². The quantitative estimate of drug-likeness (QED) is 0.523. The molecule has 3 aliphatic rings. The number of nitrogens with one attached hydrogen (secondary N) is 1. The minimum absolute atomic E-state index is 0. The lowest BCUT2D eigenvalue weighted by atomic mass is 9.80. The molecule has 0 aromatic rings. The highest BCUT2D eigenvalue weighted by Gasteiger charge is 2.27. The minimum atomic E-state index is 0. The number of rotatable bonds is 9. The summed E-state index contributed by atoms with van der Waals surface area (Å²) in [6, 6.07) is 0.578. The van der Waals surface area contributed by atoms with E-state index in [0.29, 0.717) is 17.9 Å². The van der Waals surface area contributed by atoms with E-state index in [0.717, 1.165) is 42.2 Å². The van der Waals surface area contributed by atoms with Gasteiger partial charge < -0.3 is 21.2 Å². The first-order valence-electron chi connectivity index (χ1n) is 12.3. The summed E-state index contributed by atoms with van der Waals surface area (Å²) in [5.74, 6) is 3.65. The molecule has 1 heterocycles. The van der Waals surface area contributed by atoms with Gasteiger partial charge in [-0.25, -0.2) is 0 Å². The van der Waals surface area contributed by atoms with Crippen molar-refractivity contribution in [3.63, 3.8) is 0 Å². The first-order chi connectivity index (χ1) is 14.4. The average molecular weight is 467 g/mol. The monoisotopic (exact) mass is 466 g/mol. The van der Waals surface area contributed by atoms with Gasteiger partial charge in [0.15, 0.2) is 0 Å². The standard InChI is InChI=1S/C27H43ClN2.2H2O/c1-20(2)23-7-5-22(6-8-23)13-16-29-27(21(3)4)19-30-17-14-25(15-18-30)24-9-11-26(28)12-10-24;;/h5-7,9,11-12,20-21,23-25,27,29H,8,10,13-19H2,1-4H3;2*1H2/t23?,24?,27-;;/m0../s1. The highest BCUT2D eigenvalue weighted by Crippen LogP contribution is 2.32. The zero-order chi connectivity index (χ0) is 21.5. The Morgan fingerprint density at radius 2 is 1.72 bits per heavy atom. The molecule has 2 aliphatic carbocycles. The van der Waals surface area contributed by atoms with Gasteiger partial charge in [-0.1, -0.05) is 75.2 Å². The molecule has 0 amide bonds. The minimum Gasteiger partial charge on any atom is -0.412 e. The second kappa shape index (κ2) is 14.4. The van der Waals surface area contributed by atoms with Crippen LogP contribution in [0.3, 0.4) is 0 Å². The van der Waals surface area contributed by atoms with Crippen molar-refractivity contribution >= 4 is 11.6 Å². The summed E-state index contributed by atoms with van der Waals surface area (Å²) in [5.41, 5.74) is 1.51. The van der Waals surface area contributed by atoms with E-state index < -0.39 is 0 Å². The van der Waals surface area contributed by atoms with E-state index in [1.165, 1.54) is 44.5 Å². The van der Waals surface area contributed by atoms with E-state index in [1.54, 1.807) is 0 Å². The third kappa shape index (κ3) is 8.79. The molecule has 3 atom stereocenters. The maximum Gasteiger partial charge on any atom is 0.0363 e. The lowest BCUT2D eigenvalue weighted by Gasteiger charge is -2.38. The van der Waals surface area contributed by atoms with Gasteiger partial charge in [-0.3, -0.25) is 0 Å². The third-order valence-electron chi connectivity index (χ3n) is 7.47. The average Bonchev–Trinajstić information content (AvgIpc) is 2.74. The Morgan fingerprint density at radius 1 is 1.00 bits per heavy atom. The van der Waals surface area contributed by atoms with Gasteiger partial charge >= 0.3 is 0 Å². The number of halogens is 1. The molecular formula is C27H47ClN2O2. The molecule has 0 saturated carbocycles. The molecule has 0 bridgehead atoms. The van der Waals surface area contributed by atoms with Crippen molar-refractivity contribution in [2.24, 2.45) is 29.6 Å². The number of likely N-dealkylation sites (tertiary alicyclic amines) is 1. The van der Waals surface area contributed by atoms with Gasteiger partial charge in [0.25, 0.3) is 0 Å². The van der Waals surface area contributed by atoms with Crippen LogP contribution in [0.15, 0.2) is 47.1 Å². The van der Waals surface area contributed by atoms with Gasteiger partial charge in [0, 0.05) is 17.6 Å². The molecule has 5 N–H and O–H groups in total. The van der Waals surface area contributed by atoms with Gasteiger partial charge in [-0.15, -0.1) is 0 Å². The first-order valence-corrected chi connectivity index (χ1v) is 12.7. The van der Waals surface area contributed by atoms with E-state index in [9.17, 15) is 0 Å². The SMILES string of the molecule is CC(C)C1C=CC(CCN[C@@H](CN2CCC(C3C=CC(Cl)=CC3)CC2)C(C)C)=CC1.O.O. The smallest absolute Gasteiger partial charge is 0.0363 e. The maximum absolute atomic E-state index is 6.09. The Kier molecular flexibility index (Phi) is 13.1. The molecule has 1 saturated heterocycles. The molecule has 5 heteroatoms. The molecule has 4 nitrogen and oxygen atoms in total. The molecule has 184 valence electrons. The fourth-order valence-corrected chi connectivity index (χ4v) is 5.24. The van der Waals surface area contributed by atoms with Gasteiger partial charge in [0.05, 0.1) is 0 Å². The maximum atomic E-state index is 6.09. The molecule has 0 aromatic heterocycles. The van der Waals surface area contributed by atoms with Crippen LogP contribution in [0.1, 0.15) is 59.8 Å². The highest BCUT2D eigenvalue weighted by molar-refractivity contribution is 6.31. The second-order valence-electron chi connectivity index (χ2n) is 10.3. The van der Waals surface area contributed by atoms with Crippen molar-refractivity contribution < 1.29 is 11.0 Å². The summed E-state index contributed by atoms with van der Waals surface area (Å²) < 4.78 is 0. The van der Waals surface area contributed by atoms with Crippen molar-refractivity contribution in [3.05, 3.63) is 47.1 Å². The molecule has 1 aliphatic heterocycles. The Labute approximate surface area is 201 Å². The topological polar surface area (TPSA) is 78.3 Å². The summed E-state index contributed by atoms with van der Waals surface area (Å²) >= 11 is 6.09. The van der Waals surface area contributed by atoms with Gasteiger partial charge in [-0.2, -0.15) is 0 Å². The predicted molar refractivity (Wildman–Crippen MR) is 139 cm³/mol. The summed E-state index contributed by atoms with van der Waals surface area (Å²) in [7, 11) is 0. The lowest BCUT2D eigenvalue weighted by Crippen LogP contribution is -2.47. The summed E-state index contributed by atoms with van der Waals surface area (Å²) in [4.78, 5) is 2.69. The number of piperidine rings is 1. The third-order valence-corrected chi connectivity index (χ3v) is 7.75. The number of hydrogen-bond donors (Lipinski definition) is 1. The molecule has 0 spiro atoms. The molecule has 0 aromatic carbocycles. The Morgan fingerprint density at radius 3 is 2.25 bits per heavy atom. The van der Waals surface area contributed by atoms with Crippen LogP contribution in [-0.2, 0) is 0 Å². The largest absolute Gasteiger partial charge is 0.412 e. The number of allylic oxidation sites excluding steroid dienone is 7. The highest BCUT2D eigenvalue weighted by atomic mass is 35.5. The Bertz CT molecular complexity index is 661. The molecule has 2 unspecified atom stereocenters. The van der Waals surface area contributed by atoms with Crippen molar-refractivity contribution in [1.82, 2.24) is 10.2 Å². The van der Waals surface area contributed by atoms with Crippen molar-refractivity contribution in [2.45, 2.75) is 65.8 Å². The predicted octanol–water partition coefficient (Wildman–Crippen LogP) is 4.91. The van der Waals surface area contributed by atoms with E-state index in [2.05, 4.69) is 74.4 Å². The van der Waals surface area contributed by atoms with E-state index >= 15 is 0 Å². The molecular weight excluding hydrogens is 420 g/mol. The summed E-state index contributed by atoms with van der Waals surface area (Å²) in [5, 5.41) is 4.79. The molecule has 0 radical (unpaired) electrons. The van der Waals surface area contributed by atoms with Crippen LogP contribution in [-0.4, -0.2) is 48.1 Å². The molecule has 1 fully saturated rings. The normalized spacial score (nSPS) is 25.2. The van der Waals surface area contributed by atoms with Crippen LogP contribution >= 0.6 is 11.6 Å². The Balaban J connectivity index is 0.00000256.